The molecular formula is C16H34N2O. The molecule has 0 radical (unpaired) electrons. The van der Waals surface area contributed by atoms with Crippen molar-refractivity contribution in [3.63, 3.8) is 0 Å². The van der Waals surface area contributed by atoms with Crippen molar-refractivity contribution in [2.24, 2.45) is 5.92 Å². The maximum Gasteiger partial charge on any atom is 0.0610 e. The molecule has 1 unspecified atom stereocenters. The Balaban J connectivity index is 2.24. The van der Waals surface area contributed by atoms with Crippen molar-refractivity contribution < 1.29 is 5.11 Å². The van der Waals surface area contributed by atoms with Gasteiger partial charge in [0.05, 0.1) is 6.61 Å². The average molecular weight is 270 g/mol. The van der Waals surface area contributed by atoms with Crippen LogP contribution in [0.1, 0.15) is 59.3 Å². The van der Waals surface area contributed by atoms with Gasteiger partial charge in [0.1, 0.15) is 0 Å². The number of nitrogens with one attached hydrogen (secondary N) is 1. The van der Waals surface area contributed by atoms with E-state index in [0.29, 0.717) is 0 Å². The molecule has 1 fully saturated rings. The summed E-state index contributed by atoms with van der Waals surface area (Å²) >= 11 is 0. The minimum Gasteiger partial charge on any atom is -0.394 e. The third-order valence-corrected chi connectivity index (χ3v) is 4.80. The van der Waals surface area contributed by atoms with Crippen molar-refractivity contribution in [3.05, 3.63) is 0 Å². The van der Waals surface area contributed by atoms with Gasteiger partial charge in [-0.2, -0.15) is 0 Å². The number of nitrogens with zero attached hydrogens (tertiary/aromatic N) is 1. The van der Waals surface area contributed by atoms with Gasteiger partial charge in [-0.15, -0.1) is 0 Å². The van der Waals surface area contributed by atoms with Crippen molar-refractivity contribution in [3.8, 4) is 0 Å². The van der Waals surface area contributed by atoms with Crippen molar-refractivity contribution >= 4 is 0 Å². The van der Waals surface area contributed by atoms with Crippen molar-refractivity contribution in [2.75, 3.05) is 26.7 Å². The summed E-state index contributed by atoms with van der Waals surface area (Å²) in [6.45, 7) is 8.90. The van der Waals surface area contributed by atoms with Crippen LogP contribution in [-0.4, -0.2) is 48.3 Å². The molecule has 1 aliphatic carbocycles. The molecule has 1 saturated carbocycles. The average Bonchev–Trinajstić information content (AvgIpc) is 2.39. The Hall–Kier alpha value is -0.120. The normalized spacial score (nSPS) is 27.5. The Morgan fingerprint density at radius 3 is 2.42 bits per heavy atom. The van der Waals surface area contributed by atoms with Crippen LogP contribution in [0.25, 0.3) is 0 Å². The summed E-state index contributed by atoms with van der Waals surface area (Å²) in [5.41, 5.74) is -0.101. The fraction of sp³-hybridized carbons (Fsp3) is 1.00. The fourth-order valence-electron chi connectivity index (χ4n) is 3.23. The molecule has 19 heavy (non-hydrogen) atoms. The van der Waals surface area contributed by atoms with Crippen LogP contribution >= 0.6 is 0 Å². The first kappa shape index (κ1) is 16.9. The molecule has 0 bridgehead atoms. The van der Waals surface area contributed by atoms with Gasteiger partial charge >= 0.3 is 0 Å². The lowest BCUT2D eigenvalue weighted by Gasteiger charge is -2.35. The van der Waals surface area contributed by atoms with Gasteiger partial charge in [0.25, 0.3) is 0 Å². The maximum absolute atomic E-state index is 9.48. The van der Waals surface area contributed by atoms with Crippen LogP contribution in [0.5, 0.6) is 0 Å². The number of aliphatic hydroxyl groups is 1. The highest BCUT2D eigenvalue weighted by Gasteiger charge is 2.24. The van der Waals surface area contributed by atoms with Crippen LogP contribution in [0.4, 0.5) is 0 Å². The summed E-state index contributed by atoms with van der Waals surface area (Å²) < 4.78 is 0. The van der Waals surface area contributed by atoms with E-state index in [2.05, 4.69) is 38.0 Å². The van der Waals surface area contributed by atoms with E-state index in [4.69, 9.17) is 0 Å². The molecule has 0 spiro atoms. The summed E-state index contributed by atoms with van der Waals surface area (Å²) in [5.74, 6) is 0.927. The van der Waals surface area contributed by atoms with E-state index in [0.717, 1.165) is 37.9 Å². The third-order valence-electron chi connectivity index (χ3n) is 4.80. The van der Waals surface area contributed by atoms with Crippen LogP contribution in [-0.2, 0) is 0 Å². The first-order valence-electron chi connectivity index (χ1n) is 8.07. The molecule has 1 atom stereocenters. The summed E-state index contributed by atoms with van der Waals surface area (Å²) in [6, 6.07) is 0.788. The van der Waals surface area contributed by atoms with Gasteiger partial charge in [-0.1, -0.05) is 13.8 Å². The lowest BCUT2D eigenvalue weighted by Crippen LogP contribution is -2.46. The smallest absolute Gasteiger partial charge is 0.0610 e. The van der Waals surface area contributed by atoms with Crippen molar-refractivity contribution in [1.29, 1.82) is 0 Å². The number of rotatable bonds is 8. The topological polar surface area (TPSA) is 35.5 Å². The SMILES string of the molecule is CCNC(C)(CO)CCCN(C)C1CCC(C)CC1. The second-order valence-corrected chi connectivity index (χ2v) is 6.75. The number of hydrogen-bond donors (Lipinski definition) is 2. The van der Waals surface area contributed by atoms with E-state index < -0.39 is 0 Å². The molecule has 0 aromatic carbocycles. The molecule has 1 aliphatic rings. The summed E-state index contributed by atoms with van der Waals surface area (Å²) in [7, 11) is 2.27. The quantitative estimate of drug-likeness (QED) is 0.712. The van der Waals surface area contributed by atoms with Gasteiger partial charge in [-0.05, 0) is 71.5 Å². The standard InChI is InChI=1S/C16H34N2O/c1-5-17-16(3,13-19)11-6-12-18(4)15-9-7-14(2)8-10-15/h14-15,17,19H,5-13H2,1-4H3. The van der Waals surface area contributed by atoms with Gasteiger partial charge in [-0.25, -0.2) is 0 Å². The van der Waals surface area contributed by atoms with E-state index in [1.807, 2.05) is 0 Å². The summed E-state index contributed by atoms with van der Waals surface area (Å²) in [6.07, 6.45) is 7.71. The van der Waals surface area contributed by atoms with E-state index in [1.54, 1.807) is 0 Å². The first-order chi connectivity index (χ1) is 9.00. The zero-order chi connectivity index (χ0) is 14.3. The van der Waals surface area contributed by atoms with Crippen LogP contribution in [0.2, 0.25) is 0 Å². The highest BCUT2D eigenvalue weighted by molar-refractivity contribution is 4.83. The molecular weight excluding hydrogens is 236 g/mol. The highest BCUT2D eigenvalue weighted by Crippen LogP contribution is 2.26. The molecule has 0 aliphatic heterocycles. The van der Waals surface area contributed by atoms with Crippen LogP contribution in [0.3, 0.4) is 0 Å². The van der Waals surface area contributed by atoms with Crippen LogP contribution in [0.15, 0.2) is 0 Å². The molecule has 0 aromatic rings. The van der Waals surface area contributed by atoms with Gasteiger partial charge in [-0.3, -0.25) is 0 Å². The Morgan fingerprint density at radius 1 is 1.26 bits per heavy atom. The summed E-state index contributed by atoms with van der Waals surface area (Å²) in [4.78, 5) is 2.54. The molecule has 2 N–H and O–H groups in total. The minimum absolute atomic E-state index is 0.101. The Morgan fingerprint density at radius 2 is 1.89 bits per heavy atom. The predicted molar refractivity (Wildman–Crippen MR) is 82.5 cm³/mol. The van der Waals surface area contributed by atoms with E-state index in [1.165, 1.54) is 25.7 Å². The molecule has 0 heterocycles. The van der Waals surface area contributed by atoms with Crippen LogP contribution < -0.4 is 5.32 Å². The Bertz CT molecular complexity index is 239. The number of hydrogen-bond acceptors (Lipinski definition) is 3. The molecule has 1 rings (SSSR count). The fourth-order valence-corrected chi connectivity index (χ4v) is 3.23. The maximum atomic E-state index is 9.48. The molecule has 0 amide bonds. The van der Waals surface area contributed by atoms with Crippen molar-refractivity contribution in [2.45, 2.75) is 70.9 Å². The zero-order valence-corrected chi connectivity index (χ0v) is 13.4. The minimum atomic E-state index is -0.101. The predicted octanol–water partition coefficient (Wildman–Crippen LogP) is 2.64. The first-order valence-corrected chi connectivity index (χ1v) is 8.07. The number of aliphatic hydroxyl groups excluding tert-OH is 1. The number of likely N-dealkylation sites (N-methyl/N-ethyl adjacent to an activating group) is 1. The molecule has 3 heteroatoms. The second kappa shape index (κ2) is 8.23. The lowest BCUT2D eigenvalue weighted by atomic mass is 9.86. The molecule has 0 saturated heterocycles. The lowest BCUT2D eigenvalue weighted by molar-refractivity contribution is 0.142. The van der Waals surface area contributed by atoms with E-state index in [9.17, 15) is 5.11 Å². The highest BCUT2D eigenvalue weighted by atomic mass is 16.3. The van der Waals surface area contributed by atoms with Gasteiger partial charge in [0.15, 0.2) is 0 Å². The van der Waals surface area contributed by atoms with Crippen molar-refractivity contribution in [1.82, 2.24) is 10.2 Å². The van der Waals surface area contributed by atoms with Gasteiger partial charge in [0, 0.05) is 11.6 Å². The second-order valence-electron chi connectivity index (χ2n) is 6.75. The van der Waals surface area contributed by atoms with Crippen LogP contribution in [0, 0.1) is 5.92 Å². The monoisotopic (exact) mass is 270 g/mol. The third kappa shape index (κ3) is 5.80. The molecule has 0 aromatic heterocycles. The zero-order valence-electron chi connectivity index (χ0n) is 13.4. The molecule has 114 valence electrons. The summed E-state index contributed by atoms with van der Waals surface area (Å²) in [5, 5.41) is 12.9. The Kier molecular flexibility index (Phi) is 7.33. The van der Waals surface area contributed by atoms with Gasteiger partial charge < -0.3 is 15.3 Å². The van der Waals surface area contributed by atoms with E-state index >= 15 is 0 Å². The van der Waals surface area contributed by atoms with Gasteiger partial charge in [0.2, 0.25) is 0 Å². The Labute approximate surface area is 119 Å². The largest absolute Gasteiger partial charge is 0.394 e. The molecule has 3 nitrogen and oxygen atoms in total. The van der Waals surface area contributed by atoms with E-state index in [-0.39, 0.29) is 12.1 Å².